The van der Waals surface area contributed by atoms with Crippen LogP contribution in [0.4, 0.5) is 5.82 Å². The average molecular weight is 280 g/mol. The van der Waals surface area contributed by atoms with Gasteiger partial charge in [0.2, 0.25) is 0 Å². The van der Waals surface area contributed by atoms with Crippen LogP contribution in [-0.2, 0) is 6.54 Å². The summed E-state index contributed by atoms with van der Waals surface area (Å²) in [4.78, 5) is 8.33. The minimum absolute atomic E-state index is 0.523. The largest absolute Gasteiger partial charge is 0.353 e. The van der Waals surface area contributed by atoms with Crippen molar-refractivity contribution in [3.63, 3.8) is 0 Å². The van der Waals surface area contributed by atoms with Gasteiger partial charge in [-0.05, 0) is 26.8 Å². The Bertz CT molecular complexity index is 516. The molecule has 0 saturated carbocycles. The fourth-order valence-corrected chi connectivity index (χ4v) is 3.08. The summed E-state index contributed by atoms with van der Waals surface area (Å²) in [6, 6.07) is 0.523. The number of aromatic nitrogens is 2. The number of nitrogens with zero attached hydrogens (tertiary/aromatic N) is 3. The third kappa shape index (κ3) is 2.77. The minimum Gasteiger partial charge on any atom is -0.353 e. The monoisotopic (exact) mass is 280 g/mol. The molecule has 19 heavy (non-hydrogen) atoms. The number of anilines is 1. The second kappa shape index (κ2) is 6.39. The molecule has 1 atom stereocenters. The van der Waals surface area contributed by atoms with Crippen LogP contribution in [0.15, 0.2) is 11.6 Å². The Morgan fingerprint density at radius 3 is 2.84 bits per heavy atom. The van der Waals surface area contributed by atoms with Crippen LogP contribution in [0.25, 0.3) is 4.96 Å². The average Bonchev–Trinajstić information content (AvgIpc) is 2.98. The molecule has 0 amide bonds. The van der Waals surface area contributed by atoms with E-state index in [0.717, 1.165) is 36.8 Å². The van der Waals surface area contributed by atoms with E-state index in [2.05, 4.69) is 53.9 Å². The molecule has 2 rings (SSSR count). The first kappa shape index (κ1) is 14.3. The van der Waals surface area contributed by atoms with Crippen molar-refractivity contribution < 1.29 is 0 Å². The Kier molecular flexibility index (Phi) is 4.82. The van der Waals surface area contributed by atoms with E-state index < -0.39 is 0 Å². The summed E-state index contributed by atoms with van der Waals surface area (Å²) in [6.07, 6.45) is 3.26. The summed E-state index contributed by atoms with van der Waals surface area (Å²) in [5, 5.41) is 5.52. The van der Waals surface area contributed by atoms with Gasteiger partial charge >= 0.3 is 0 Å². The second-order valence-electron chi connectivity index (χ2n) is 4.76. The molecular weight excluding hydrogens is 256 g/mol. The zero-order chi connectivity index (χ0) is 13.8. The van der Waals surface area contributed by atoms with Gasteiger partial charge in [0.25, 0.3) is 0 Å². The van der Waals surface area contributed by atoms with Crippen LogP contribution in [0, 0.1) is 0 Å². The maximum absolute atomic E-state index is 4.83. The van der Waals surface area contributed by atoms with Crippen molar-refractivity contribution in [3.05, 3.63) is 17.3 Å². The predicted molar refractivity (Wildman–Crippen MR) is 83.2 cm³/mol. The zero-order valence-electron chi connectivity index (χ0n) is 12.3. The van der Waals surface area contributed by atoms with Crippen LogP contribution < -0.4 is 10.2 Å². The first-order valence-corrected chi connectivity index (χ1v) is 8.02. The highest BCUT2D eigenvalue weighted by Crippen LogP contribution is 2.26. The molecule has 0 saturated heterocycles. The SMILES string of the molecule is CCNCc1c(N(CC)C(C)CC)nc2sccn12. The Balaban J connectivity index is 2.41. The lowest BCUT2D eigenvalue weighted by Gasteiger charge is -2.28. The van der Waals surface area contributed by atoms with Gasteiger partial charge in [0.1, 0.15) is 0 Å². The summed E-state index contributed by atoms with van der Waals surface area (Å²) in [5.74, 6) is 1.14. The lowest BCUT2D eigenvalue weighted by Crippen LogP contribution is -2.34. The van der Waals surface area contributed by atoms with Crippen LogP contribution in [0.1, 0.15) is 39.8 Å². The molecule has 2 aromatic rings. The van der Waals surface area contributed by atoms with Crippen LogP contribution in [-0.4, -0.2) is 28.5 Å². The minimum atomic E-state index is 0.523. The number of nitrogens with one attached hydrogen (secondary N) is 1. The normalized spacial score (nSPS) is 13.1. The summed E-state index contributed by atoms with van der Waals surface area (Å²) in [6.45, 7) is 11.7. The van der Waals surface area contributed by atoms with Crippen molar-refractivity contribution >= 4 is 22.1 Å². The standard InChI is InChI=1S/C14H24N4S/c1-5-11(4)17(7-3)13-12(10-15-6-2)18-8-9-19-14(18)16-13/h8-9,11,15H,5-7,10H2,1-4H3. The molecule has 0 aliphatic carbocycles. The number of hydrogen-bond acceptors (Lipinski definition) is 4. The lowest BCUT2D eigenvalue weighted by atomic mass is 10.2. The smallest absolute Gasteiger partial charge is 0.195 e. The van der Waals surface area contributed by atoms with Crippen molar-refractivity contribution in [2.24, 2.45) is 0 Å². The highest BCUT2D eigenvalue weighted by Gasteiger charge is 2.20. The van der Waals surface area contributed by atoms with Crippen LogP contribution >= 0.6 is 11.3 Å². The summed E-state index contributed by atoms with van der Waals surface area (Å²) >= 11 is 1.70. The van der Waals surface area contributed by atoms with E-state index in [1.54, 1.807) is 11.3 Å². The van der Waals surface area contributed by atoms with Gasteiger partial charge in [-0.1, -0.05) is 13.8 Å². The summed E-state index contributed by atoms with van der Waals surface area (Å²) in [7, 11) is 0. The molecule has 5 heteroatoms. The van der Waals surface area contributed by atoms with Crippen molar-refractivity contribution in [2.75, 3.05) is 18.0 Å². The molecule has 4 nitrogen and oxygen atoms in total. The molecule has 1 unspecified atom stereocenters. The molecule has 0 spiro atoms. The molecule has 0 aliphatic heterocycles. The third-order valence-corrected chi connectivity index (χ3v) is 4.37. The van der Waals surface area contributed by atoms with Crippen LogP contribution in [0.5, 0.6) is 0 Å². The van der Waals surface area contributed by atoms with Crippen molar-refractivity contribution in [2.45, 2.75) is 46.7 Å². The van der Waals surface area contributed by atoms with Gasteiger partial charge in [0.05, 0.1) is 5.69 Å². The molecule has 2 aromatic heterocycles. The van der Waals surface area contributed by atoms with E-state index in [9.17, 15) is 0 Å². The summed E-state index contributed by atoms with van der Waals surface area (Å²) < 4.78 is 2.22. The Morgan fingerprint density at radius 2 is 2.21 bits per heavy atom. The zero-order valence-corrected chi connectivity index (χ0v) is 13.1. The second-order valence-corrected chi connectivity index (χ2v) is 5.63. The van der Waals surface area contributed by atoms with Gasteiger partial charge in [-0.15, -0.1) is 11.3 Å². The number of rotatable bonds is 7. The summed E-state index contributed by atoms with van der Waals surface area (Å²) in [5.41, 5.74) is 1.28. The molecule has 0 bridgehead atoms. The van der Waals surface area contributed by atoms with Crippen LogP contribution in [0.2, 0.25) is 0 Å². The van der Waals surface area contributed by atoms with E-state index in [0.29, 0.717) is 6.04 Å². The van der Waals surface area contributed by atoms with Crippen molar-refractivity contribution in [3.8, 4) is 0 Å². The highest BCUT2D eigenvalue weighted by molar-refractivity contribution is 7.15. The van der Waals surface area contributed by atoms with Gasteiger partial charge in [-0.25, -0.2) is 4.98 Å². The molecule has 106 valence electrons. The lowest BCUT2D eigenvalue weighted by molar-refractivity contribution is 0.616. The molecular formula is C14H24N4S. The fourth-order valence-electron chi connectivity index (χ4n) is 2.35. The Morgan fingerprint density at radius 1 is 1.42 bits per heavy atom. The van der Waals surface area contributed by atoms with Gasteiger partial charge in [0, 0.05) is 30.7 Å². The van der Waals surface area contributed by atoms with E-state index in [1.807, 2.05) is 0 Å². The molecule has 2 heterocycles. The van der Waals surface area contributed by atoms with Crippen LogP contribution in [0.3, 0.4) is 0 Å². The number of fused-ring (bicyclic) bond motifs is 1. The van der Waals surface area contributed by atoms with Gasteiger partial charge < -0.3 is 10.2 Å². The molecule has 1 N–H and O–H groups in total. The van der Waals surface area contributed by atoms with E-state index >= 15 is 0 Å². The molecule has 0 aliphatic rings. The Labute approximate surface area is 119 Å². The number of hydrogen-bond donors (Lipinski definition) is 1. The predicted octanol–water partition coefficient (Wildman–Crippen LogP) is 3.13. The first-order chi connectivity index (χ1) is 9.22. The van der Waals surface area contributed by atoms with E-state index in [-0.39, 0.29) is 0 Å². The van der Waals surface area contributed by atoms with Crippen molar-refractivity contribution in [1.29, 1.82) is 0 Å². The van der Waals surface area contributed by atoms with Crippen molar-refractivity contribution in [1.82, 2.24) is 14.7 Å². The topological polar surface area (TPSA) is 32.6 Å². The number of thiazole rings is 1. The van der Waals surface area contributed by atoms with E-state index in [4.69, 9.17) is 4.98 Å². The first-order valence-electron chi connectivity index (χ1n) is 7.14. The highest BCUT2D eigenvalue weighted by atomic mass is 32.1. The maximum atomic E-state index is 4.83. The van der Waals surface area contributed by atoms with Gasteiger partial charge in [-0.3, -0.25) is 4.40 Å². The Hall–Kier alpha value is -1.07. The van der Waals surface area contributed by atoms with Gasteiger partial charge in [0.15, 0.2) is 10.8 Å². The molecule has 0 aromatic carbocycles. The fraction of sp³-hybridized carbons (Fsp3) is 0.643. The number of imidazole rings is 1. The molecule has 0 fully saturated rings. The van der Waals surface area contributed by atoms with E-state index in [1.165, 1.54) is 5.69 Å². The molecule has 0 radical (unpaired) electrons. The third-order valence-electron chi connectivity index (χ3n) is 3.62. The quantitative estimate of drug-likeness (QED) is 0.846. The maximum Gasteiger partial charge on any atom is 0.195 e. The van der Waals surface area contributed by atoms with Gasteiger partial charge in [-0.2, -0.15) is 0 Å².